The molecule has 2 aromatic rings. The lowest BCUT2D eigenvalue weighted by molar-refractivity contribution is 0.226. The molecule has 1 aromatic carbocycles. The normalized spacial score (nSPS) is 16.8. The molecule has 0 spiro atoms. The maximum atomic E-state index is 9.31. The number of nitriles is 1. The third kappa shape index (κ3) is 3.14. The van der Waals surface area contributed by atoms with Gasteiger partial charge >= 0.3 is 0 Å². The molecule has 1 saturated heterocycles. The van der Waals surface area contributed by atoms with Gasteiger partial charge in [0.25, 0.3) is 0 Å². The number of nitrogens with zero attached hydrogens (tertiary/aromatic N) is 3. The van der Waals surface area contributed by atoms with E-state index in [0.29, 0.717) is 11.5 Å². The first-order valence-corrected chi connectivity index (χ1v) is 7.48. The zero-order valence-corrected chi connectivity index (χ0v) is 12.3. The van der Waals surface area contributed by atoms with Crippen molar-refractivity contribution < 1.29 is 0 Å². The molecular weight excluding hydrogens is 260 g/mol. The summed E-state index contributed by atoms with van der Waals surface area (Å²) in [5, 5.41) is 13.7. The van der Waals surface area contributed by atoms with E-state index < -0.39 is 0 Å². The summed E-state index contributed by atoms with van der Waals surface area (Å²) in [5.74, 6) is 1.39. The van der Waals surface area contributed by atoms with Crippen LogP contribution in [0.2, 0.25) is 0 Å². The van der Waals surface area contributed by atoms with Crippen molar-refractivity contribution in [1.82, 2.24) is 9.88 Å². The van der Waals surface area contributed by atoms with Crippen LogP contribution in [0.5, 0.6) is 0 Å². The summed E-state index contributed by atoms with van der Waals surface area (Å²) < 4.78 is 0. The number of benzene rings is 1. The lowest BCUT2D eigenvalue weighted by atomic mass is 9.97. The summed E-state index contributed by atoms with van der Waals surface area (Å²) in [6.45, 7) is 3.21. The molecule has 0 saturated carbocycles. The predicted octanol–water partition coefficient (Wildman–Crippen LogP) is 2.86. The van der Waals surface area contributed by atoms with Gasteiger partial charge in [-0.2, -0.15) is 5.26 Å². The highest BCUT2D eigenvalue weighted by molar-refractivity contribution is 5.82. The van der Waals surface area contributed by atoms with E-state index >= 15 is 0 Å². The highest BCUT2D eigenvalue weighted by Gasteiger charge is 2.17. The van der Waals surface area contributed by atoms with E-state index in [9.17, 15) is 5.26 Å². The van der Waals surface area contributed by atoms with Gasteiger partial charge in [-0.15, -0.1) is 0 Å². The van der Waals surface area contributed by atoms with Crippen LogP contribution in [0.25, 0.3) is 10.9 Å². The Morgan fingerprint density at radius 1 is 1.33 bits per heavy atom. The van der Waals surface area contributed by atoms with Gasteiger partial charge in [-0.25, -0.2) is 4.98 Å². The number of para-hydroxylation sites is 1. The van der Waals surface area contributed by atoms with Crippen LogP contribution in [0.1, 0.15) is 18.4 Å². The van der Waals surface area contributed by atoms with Gasteiger partial charge in [0.1, 0.15) is 11.9 Å². The van der Waals surface area contributed by atoms with Crippen LogP contribution in [-0.2, 0) is 0 Å². The minimum absolute atomic E-state index is 0.627. The molecule has 1 fully saturated rings. The molecule has 4 heteroatoms. The maximum absolute atomic E-state index is 9.31. The maximum Gasteiger partial charge on any atom is 0.144 e. The van der Waals surface area contributed by atoms with E-state index in [4.69, 9.17) is 0 Å². The Labute approximate surface area is 125 Å². The highest BCUT2D eigenvalue weighted by atomic mass is 15.1. The topological polar surface area (TPSA) is 52.0 Å². The third-order valence-corrected chi connectivity index (χ3v) is 4.24. The molecule has 108 valence electrons. The van der Waals surface area contributed by atoms with Crippen molar-refractivity contribution in [2.24, 2.45) is 5.92 Å². The van der Waals surface area contributed by atoms with Crippen molar-refractivity contribution in [3.05, 3.63) is 35.9 Å². The Morgan fingerprint density at radius 3 is 2.86 bits per heavy atom. The molecule has 1 aliphatic rings. The standard InChI is InChI=1S/C17H20N4/c1-21-8-6-13(7-9-21)12-19-17-15(11-18)10-14-4-2-3-5-16(14)20-17/h2-5,10,13H,6-9,12H2,1H3,(H,19,20). The molecule has 1 aromatic heterocycles. The molecule has 2 heterocycles. The molecule has 0 aliphatic carbocycles. The minimum Gasteiger partial charge on any atom is -0.369 e. The van der Waals surface area contributed by atoms with Crippen LogP contribution in [0.3, 0.4) is 0 Å². The fourth-order valence-corrected chi connectivity index (χ4v) is 2.84. The van der Waals surface area contributed by atoms with Crippen LogP contribution < -0.4 is 5.32 Å². The van der Waals surface area contributed by atoms with E-state index in [1.807, 2.05) is 30.3 Å². The average Bonchev–Trinajstić information content (AvgIpc) is 2.53. The fraction of sp³-hybridized carbons (Fsp3) is 0.412. The highest BCUT2D eigenvalue weighted by Crippen LogP contribution is 2.21. The summed E-state index contributed by atoms with van der Waals surface area (Å²) >= 11 is 0. The van der Waals surface area contributed by atoms with Crippen LogP contribution in [0, 0.1) is 17.2 Å². The SMILES string of the molecule is CN1CCC(CNc2nc3ccccc3cc2C#N)CC1. The smallest absolute Gasteiger partial charge is 0.144 e. The van der Waals surface area contributed by atoms with Gasteiger partial charge in [0, 0.05) is 11.9 Å². The summed E-state index contributed by atoms with van der Waals surface area (Å²) in [4.78, 5) is 6.97. The zero-order valence-electron chi connectivity index (χ0n) is 12.3. The van der Waals surface area contributed by atoms with Crippen LogP contribution in [0.4, 0.5) is 5.82 Å². The molecule has 4 nitrogen and oxygen atoms in total. The third-order valence-electron chi connectivity index (χ3n) is 4.24. The molecule has 21 heavy (non-hydrogen) atoms. The Kier molecular flexibility index (Phi) is 4.03. The molecule has 0 bridgehead atoms. The molecule has 0 radical (unpaired) electrons. The average molecular weight is 280 g/mol. The number of hydrogen-bond acceptors (Lipinski definition) is 4. The van der Waals surface area contributed by atoms with Crippen LogP contribution in [0.15, 0.2) is 30.3 Å². The summed E-state index contributed by atoms with van der Waals surface area (Å²) in [7, 11) is 2.17. The Hall–Kier alpha value is -2.12. The van der Waals surface area contributed by atoms with E-state index in [2.05, 4.69) is 28.3 Å². The van der Waals surface area contributed by atoms with E-state index in [1.54, 1.807) is 0 Å². The second-order valence-electron chi connectivity index (χ2n) is 5.82. The molecule has 0 amide bonds. The fourth-order valence-electron chi connectivity index (χ4n) is 2.84. The van der Waals surface area contributed by atoms with Gasteiger partial charge in [0.2, 0.25) is 0 Å². The summed E-state index contributed by atoms with van der Waals surface area (Å²) in [5.41, 5.74) is 1.56. The van der Waals surface area contributed by atoms with Gasteiger partial charge in [0.05, 0.1) is 11.1 Å². The number of aromatic nitrogens is 1. The molecule has 0 unspecified atom stereocenters. The Balaban J connectivity index is 1.75. The molecule has 3 rings (SSSR count). The van der Waals surface area contributed by atoms with Crippen LogP contribution >= 0.6 is 0 Å². The van der Waals surface area contributed by atoms with Crippen molar-refractivity contribution >= 4 is 16.7 Å². The quantitative estimate of drug-likeness (QED) is 0.939. The van der Waals surface area contributed by atoms with E-state index in [-0.39, 0.29) is 0 Å². The first kappa shape index (κ1) is 13.8. The second kappa shape index (κ2) is 6.11. The number of fused-ring (bicyclic) bond motifs is 1. The van der Waals surface area contributed by atoms with Crippen LogP contribution in [-0.4, -0.2) is 36.6 Å². The second-order valence-corrected chi connectivity index (χ2v) is 5.82. The van der Waals surface area contributed by atoms with Gasteiger partial charge in [-0.3, -0.25) is 0 Å². The number of pyridine rings is 1. The van der Waals surface area contributed by atoms with Gasteiger partial charge in [0.15, 0.2) is 0 Å². The lowest BCUT2D eigenvalue weighted by Gasteiger charge is -2.29. The van der Waals surface area contributed by atoms with Crippen molar-refractivity contribution in [2.45, 2.75) is 12.8 Å². The van der Waals surface area contributed by atoms with Crippen molar-refractivity contribution in [3.8, 4) is 6.07 Å². The number of nitrogens with one attached hydrogen (secondary N) is 1. The number of hydrogen-bond donors (Lipinski definition) is 1. The first-order valence-electron chi connectivity index (χ1n) is 7.48. The Morgan fingerprint density at radius 2 is 2.10 bits per heavy atom. The lowest BCUT2D eigenvalue weighted by Crippen LogP contribution is -2.33. The summed E-state index contributed by atoms with van der Waals surface area (Å²) in [6.07, 6.45) is 2.41. The molecular formula is C17H20N4. The first-order chi connectivity index (χ1) is 10.3. The predicted molar refractivity (Wildman–Crippen MR) is 85.2 cm³/mol. The number of piperidine rings is 1. The monoisotopic (exact) mass is 280 g/mol. The number of anilines is 1. The van der Waals surface area contributed by atoms with Crippen molar-refractivity contribution in [3.63, 3.8) is 0 Å². The Bertz CT molecular complexity index is 666. The molecule has 1 N–H and O–H groups in total. The van der Waals surface area contributed by atoms with E-state index in [0.717, 1.165) is 36.4 Å². The molecule has 0 atom stereocenters. The largest absolute Gasteiger partial charge is 0.369 e. The summed E-state index contributed by atoms with van der Waals surface area (Å²) in [6, 6.07) is 12.1. The molecule has 1 aliphatic heterocycles. The van der Waals surface area contributed by atoms with Gasteiger partial charge < -0.3 is 10.2 Å². The zero-order chi connectivity index (χ0) is 14.7. The number of likely N-dealkylation sites (tertiary alicyclic amines) is 1. The van der Waals surface area contributed by atoms with Gasteiger partial charge in [-0.05, 0) is 51.0 Å². The van der Waals surface area contributed by atoms with Gasteiger partial charge in [-0.1, -0.05) is 18.2 Å². The number of rotatable bonds is 3. The van der Waals surface area contributed by atoms with Crippen molar-refractivity contribution in [1.29, 1.82) is 5.26 Å². The van der Waals surface area contributed by atoms with Crippen molar-refractivity contribution in [2.75, 3.05) is 32.0 Å². The van der Waals surface area contributed by atoms with E-state index in [1.165, 1.54) is 12.8 Å². The minimum atomic E-state index is 0.627.